The fraction of sp³-hybridized carbons (Fsp3) is 0.455. The Hall–Kier alpha value is -1.21. The summed E-state index contributed by atoms with van der Waals surface area (Å²) in [6, 6.07) is 1.79. The molecule has 0 bridgehead atoms. The van der Waals surface area contributed by atoms with Crippen LogP contribution in [-0.4, -0.2) is 25.8 Å². The van der Waals surface area contributed by atoms with Crippen molar-refractivity contribution in [3.63, 3.8) is 0 Å². The Kier molecular flexibility index (Phi) is 3.54. The van der Waals surface area contributed by atoms with Gasteiger partial charge in [0.25, 0.3) is 0 Å². The van der Waals surface area contributed by atoms with Gasteiger partial charge in [0.1, 0.15) is 16.4 Å². The maximum atomic E-state index is 13.7. The first kappa shape index (κ1) is 13.2. The lowest BCUT2D eigenvalue weighted by Gasteiger charge is -2.26. The van der Waals surface area contributed by atoms with Crippen LogP contribution in [0.15, 0.2) is 17.0 Å². The smallest absolute Gasteiger partial charge is 0.246 e. The lowest BCUT2D eigenvalue weighted by molar-refractivity contribution is 0.345. The lowest BCUT2D eigenvalue weighted by atomic mass is 10.2. The number of nitrogens with two attached hydrogens (primary N) is 1. The summed E-state index contributed by atoms with van der Waals surface area (Å²) < 4.78 is 52.3. The molecule has 0 atom stereocenters. The van der Waals surface area contributed by atoms with Crippen LogP contribution in [0.1, 0.15) is 19.3 Å². The van der Waals surface area contributed by atoms with Gasteiger partial charge in [-0.1, -0.05) is 6.42 Å². The van der Waals surface area contributed by atoms with Crippen LogP contribution in [0.25, 0.3) is 0 Å². The van der Waals surface area contributed by atoms with Gasteiger partial charge in [0, 0.05) is 13.1 Å². The van der Waals surface area contributed by atoms with Crippen LogP contribution in [0.4, 0.5) is 14.5 Å². The molecule has 0 aliphatic carbocycles. The summed E-state index contributed by atoms with van der Waals surface area (Å²) in [6.07, 6.45) is 2.45. The summed E-state index contributed by atoms with van der Waals surface area (Å²) in [7, 11) is -3.92. The largest absolute Gasteiger partial charge is 0.394 e. The van der Waals surface area contributed by atoms with E-state index in [-0.39, 0.29) is 0 Å². The second kappa shape index (κ2) is 4.81. The van der Waals surface area contributed by atoms with Gasteiger partial charge in [0.15, 0.2) is 5.82 Å². The summed E-state index contributed by atoms with van der Waals surface area (Å²) in [5.41, 5.74) is 4.42. The zero-order valence-corrected chi connectivity index (χ0v) is 10.5. The van der Waals surface area contributed by atoms with Gasteiger partial charge in [-0.3, -0.25) is 0 Å². The molecule has 0 saturated carbocycles. The standard InChI is InChI=1S/C11H14F2N2O2S/c12-8-4-5-9(10(13)11(8)14)18(16,17)15-6-2-1-3-7-15/h4-5H,1-3,6-7,14H2. The summed E-state index contributed by atoms with van der Waals surface area (Å²) in [4.78, 5) is -0.552. The molecule has 0 amide bonds. The van der Waals surface area contributed by atoms with E-state index in [0.29, 0.717) is 13.1 Å². The summed E-state index contributed by atoms with van der Waals surface area (Å²) in [6.45, 7) is 0.720. The van der Waals surface area contributed by atoms with Gasteiger partial charge < -0.3 is 5.73 Å². The number of rotatable bonds is 2. The van der Waals surface area contributed by atoms with E-state index in [9.17, 15) is 17.2 Å². The van der Waals surface area contributed by atoms with Crippen LogP contribution in [0, 0.1) is 11.6 Å². The molecule has 0 radical (unpaired) electrons. The number of hydrogen-bond donors (Lipinski definition) is 1. The molecule has 7 heteroatoms. The van der Waals surface area contributed by atoms with Crippen molar-refractivity contribution in [3.8, 4) is 0 Å². The highest BCUT2D eigenvalue weighted by Crippen LogP contribution is 2.27. The van der Waals surface area contributed by atoms with E-state index < -0.39 is 32.2 Å². The quantitative estimate of drug-likeness (QED) is 0.837. The molecule has 1 heterocycles. The first-order valence-electron chi connectivity index (χ1n) is 5.68. The summed E-state index contributed by atoms with van der Waals surface area (Å²) >= 11 is 0. The molecular weight excluding hydrogens is 262 g/mol. The molecule has 2 rings (SSSR count). The van der Waals surface area contributed by atoms with Crippen molar-refractivity contribution >= 4 is 15.7 Å². The Labute approximate surface area is 104 Å². The van der Waals surface area contributed by atoms with Crippen LogP contribution >= 0.6 is 0 Å². The van der Waals surface area contributed by atoms with E-state index in [0.717, 1.165) is 31.4 Å². The summed E-state index contributed by atoms with van der Waals surface area (Å²) in [5, 5.41) is 0. The predicted octanol–water partition coefficient (Wildman–Crippen LogP) is 1.72. The molecule has 100 valence electrons. The number of benzene rings is 1. The Morgan fingerprint density at radius 2 is 1.72 bits per heavy atom. The maximum Gasteiger partial charge on any atom is 0.246 e. The molecule has 1 aliphatic rings. The molecule has 1 aromatic carbocycles. The third-order valence-corrected chi connectivity index (χ3v) is 4.94. The van der Waals surface area contributed by atoms with E-state index in [4.69, 9.17) is 5.73 Å². The minimum absolute atomic E-state index is 0.360. The average molecular weight is 276 g/mol. The van der Waals surface area contributed by atoms with E-state index in [1.54, 1.807) is 0 Å². The highest BCUT2D eigenvalue weighted by molar-refractivity contribution is 7.89. The molecule has 1 saturated heterocycles. The van der Waals surface area contributed by atoms with Crippen LogP contribution in [0.5, 0.6) is 0 Å². The molecule has 0 aromatic heterocycles. The van der Waals surface area contributed by atoms with Crippen molar-refractivity contribution in [1.82, 2.24) is 4.31 Å². The van der Waals surface area contributed by atoms with Gasteiger partial charge in [-0.25, -0.2) is 17.2 Å². The second-order valence-electron chi connectivity index (χ2n) is 4.24. The zero-order valence-electron chi connectivity index (χ0n) is 9.70. The first-order valence-corrected chi connectivity index (χ1v) is 7.12. The van der Waals surface area contributed by atoms with Crippen molar-refractivity contribution in [3.05, 3.63) is 23.8 Å². The van der Waals surface area contributed by atoms with E-state index >= 15 is 0 Å². The molecule has 0 unspecified atom stereocenters. The van der Waals surface area contributed by atoms with Crippen LogP contribution in [-0.2, 0) is 10.0 Å². The zero-order chi connectivity index (χ0) is 13.3. The Morgan fingerprint density at radius 3 is 2.33 bits per heavy atom. The van der Waals surface area contributed by atoms with Crippen molar-refractivity contribution in [2.24, 2.45) is 0 Å². The average Bonchev–Trinajstić information content (AvgIpc) is 2.37. The molecule has 0 spiro atoms. The van der Waals surface area contributed by atoms with Crippen molar-refractivity contribution in [1.29, 1.82) is 0 Å². The predicted molar refractivity (Wildman–Crippen MR) is 63.4 cm³/mol. The van der Waals surface area contributed by atoms with E-state index in [1.807, 2.05) is 0 Å². The highest BCUT2D eigenvalue weighted by atomic mass is 32.2. The number of nitrogens with zero attached hydrogens (tertiary/aromatic N) is 1. The first-order chi connectivity index (χ1) is 8.44. The van der Waals surface area contributed by atoms with E-state index in [2.05, 4.69) is 0 Å². The number of sulfonamides is 1. The second-order valence-corrected chi connectivity index (χ2v) is 6.14. The number of piperidine rings is 1. The molecular formula is C11H14F2N2O2S. The Bertz CT molecular complexity index is 554. The minimum Gasteiger partial charge on any atom is -0.394 e. The van der Waals surface area contributed by atoms with Crippen LogP contribution in [0.3, 0.4) is 0 Å². The van der Waals surface area contributed by atoms with Gasteiger partial charge in [-0.05, 0) is 25.0 Å². The van der Waals surface area contributed by atoms with Gasteiger partial charge >= 0.3 is 0 Å². The van der Waals surface area contributed by atoms with Gasteiger partial charge in [-0.2, -0.15) is 4.31 Å². The van der Waals surface area contributed by atoms with Crippen molar-refractivity contribution in [2.45, 2.75) is 24.2 Å². The number of halogens is 2. The maximum absolute atomic E-state index is 13.7. The molecule has 1 aliphatic heterocycles. The number of hydrogen-bond acceptors (Lipinski definition) is 3. The third kappa shape index (κ3) is 2.20. The highest BCUT2D eigenvalue weighted by Gasteiger charge is 2.30. The van der Waals surface area contributed by atoms with Crippen molar-refractivity contribution < 1.29 is 17.2 Å². The lowest BCUT2D eigenvalue weighted by Crippen LogP contribution is -2.36. The monoisotopic (exact) mass is 276 g/mol. The SMILES string of the molecule is Nc1c(F)ccc(S(=O)(=O)N2CCCCC2)c1F. The minimum atomic E-state index is -3.92. The van der Waals surface area contributed by atoms with Gasteiger partial charge in [0.05, 0.1) is 0 Å². The molecule has 18 heavy (non-hydrogen) atoms. The molecule has 1 fully saturated rings. The fourth-order valence-electron chi connectivity index (χ4n) is 1.99. The van der Waals surface area contributed by atoms with Gasteiger partial charge in [0.2, 0.25) is 10.0 Å². The number of nitrogen functional groups attached to an aromatic ring is 1. The summed E-state index contributed by atoms with van der Waals surface area (Å²) in [5.74, 6) is -2.16. The van der Waals surface area contributed by atoms with E-state index in [1.165, 1.54) is 4.31 Å². The fourth-order valence-corrected chi connectivity index (χ4v) is 3.59. The molecule has 2 N–H and O–H groups in total. The Morgan fingerprint density at radius 1 is 1.11 bits per heavy atom. The van der Waals surface area contributed by atoms with Gasteiger partial charge in [-0.15, -0.1) is 0 Å². The molecule has 4 nitrogen and oxygen atoms in total. The van der Waals surface area contributed by atoms with Crippen LogP contribution in [0.2, 0.25) is 0 Å². The number of anilines is 1. The van der Waals surface area contributed by atoms with Crippen LogP contribution < -0.4 is 5.73 Å². The normalized spacial score (nSPS) is 17.9. The topological polar surface area (TPSA) is 63.4 Å². The molecule has 1 aromatic rings. The Balaban J connectivity index is 2.44. The van der Waals surface area contributed by atoms with Crippen molar-refractivity contribution in [2.75, 3.05) is 18.8 Å². The third-order valence-electron chi connectivity index (χ3n) is 3.02.